The fraction of sp³-hybridized carbons (Fsp3) is 0.636. The molecule has 2 heterocycles. The van der Waals surface area contributed by atoms with Crippen molar-refractivity contribution >= 4 is 5.91 Å². The molecule has 1 fully saturated rings. The van der Waals surface area contributed by atoms with Gasteiger partial charge < -0.3 is 9.42 Å². The van der Waals surface area contributed by atoms with E-state index in [1.165, 1.54) is 0 Å². The molecule has 1 aliphatic rings. The highest BCUT2D eigenvalue weighted by Gasteiger charge is 2.22. The van der Waals surface area contributed by atoms with Gasteiger partial charge in [-0.15, -0.1) is 0 Å². The van der Waals surface area contributed by atoms with Crippen molar-refractivity contribution < 1.29 is 9.32 Å². The molecular formula is C11H16N2O2. The van der Waals surface area contributed by atoms with E-state index in [-0.39, 0.29) is 5.91 Å². The van der Waals surface area contributed by atoms with E-state index in [1.54, 1.807) is 6.07 Å². The quantitative estimate of drug-likeness (QED) is 0.761. The predicted molar refractivity (Wildman–Crippen MR) is 55.6 cm³/mol. The van der Waals surface area contributed by atoms with Crippen molar-refractivity contribution in [3.63, 3.8) is 0 Å². The molecule has 2 rings (SSSR count). The van der Waals surface area contributed by atoms with Crippen molar-refractivity contribution in [2.24, 2.45) is 0 Å². The lowest BCUT2D eigenvalue weighted by Gasteiger charge is -2.12. The van der Waals surface area contributed by atoms with Gasteiger partial charge in [0.1, 0.15) is 5.76 Å². The number of aryl methyl sites for hydroxylation is 1. The van der Waals surface area contributed by atoms with Crippen LogP contribution in [0.3, 0.4) is 0 Å². The Hall–Kier alpha value is -1.32. The monoisotopic (exact) mass is 208 g/mol. The van der Waals surface area contributed by atoms with Crippen LogP contribution in [0.15, 0.2) is 10.6 Å². The van der Waals surface area contributed by atoms with Crippen LogP contribution in [0, 0.1) is 0 Å². The van der Waals surface area contributed by atoms with Crippen molar-refractivity contribution in [1.29, 1.82) is 0 Å². The highest BCUT2D eigenvalue weighted by molar-refractivity contribution is 5.92. The normalized spacial score (nSPS) is 15.9. The van der Waals surface area contributed by atoms with E-state index >= 15 is 0 Å². The summed E-state index contributed by atoms with van der Waals surface area (Å²) < 4.78 is 5.09. The van der Waals surface area contributed by atoms with Gasteiger partial charge >= 0.3 is 0 Å². The topological polar surface area (TPSA) is 46.3 Å². The summed E-state index contributed by atoms with van der Waals surface area (Å²) in [6, 6.07) is 1.77. The lowest BCUT2D eigenvalue weighted by atomic mass is 10.2. The molecule has 0 bridgehead atoms. The number of rotatable bonds is 3. The second-order valence-corrected chi connectivity index (χ2v) is 3.93. The Morgan fingerprint density at radius 3 is 2.93 bits per heavy atom. The Balaban J connectivity index is 2.04. The van der Waals surface area contributed by atoms with Crippen molar-refractivity contribution in [1.82, 2.24) is 10.1 Å². The third-order valence-electron chi connectivity index (χ3n) is 2.67. The molecule has 15 heavy (non-hydrogen) atoms. The molecule has 0 unspecified atom stereocenters. The zero-order valence-electron chi connectivity index (χ0n) is 9.03. The molecule has 82 valence electrons. The SMILES string of the molecule is CCCc1cc(C(=O)N2CCCC2)no1. The lowest BCUT2D eigenvalue weighted by Crippen LogP contribution is -2.27. The van der Waals surface area contributed by atoms with Gasteiger partial charge in [-0.05, 0) is 19.3 Å². The molecule has 0 aromatic carbocycles. The zero-order valence-corrected chi connectivity index (χ0v) is 9.03. The summed E-state index contributed by atoms with van der Waals surface area (Å²) in [6.07, 6.45) is 4.06. The Labute approximate surface area is 89.2 Å². The largest absolute Gasteiger partial charge is 0.361 e. The van der Waals surface area contributed by atoms with Crippen LogP contribution in [-0.2, 0) is 6.42 Å². The first-order valence-electron chi connectivity index (χ1n) is 5.56. The highest BCUT2D eigenvalue weighted by atomic mass is 16.5. The standard InChI is InChI=1S/C11H16N2O2/c1-2-5-9-8-10(12-15-9)11(14)13-6-3-4-7-13/h8H,2-7H2,1H3. The maximum atomic E-state index is 11.9. The number of hydrogen-bond donors (Lipinski definition) is 0. The summed E-state index contributed by atoms with van der Waals surface area (Å²) in [5.74, 6) is 0.818. The molecule has 0 radical (unpaired) electrons. The molecule has 1 aliphatic heterocycles. The number of carbonyl (C=O) groups is 1. The Morgan fingerprint density at radius 2 is 2.27 bits per heavy atom. The molecule has 0 spiro atoms. The molecule has 1 amide bonds. The summed E-state index contributed by atoms with van der Waals surface area (Å²) in [7, 11) is 0. The van der Waals surface area contributed by atoms with Crippen LogP contribution in [0.2, 0.25) is 0 Å². The van der Waals surface area contributed by atoms with Crippen LogP contribution in [0.1, 0.15) is 42.4 Å². The predicted octanol–water partition coefficient (Wildman–Crippen LogP) is 1.86. The Morgan fingerprint density at radius 1 is 1.53 bits per heavy atom. The highest BCUT2D eigenvalue weighted by Crippen LogP contribution is 2.13. The van der Waals surface area contributed by atoms with Crippen molar-refractivity contribution in [2.75, 3.05) is 13.1 Å². The molecule has 1 saturated heterocycles. The van der Waals surface area contributed by atoms with Gasteiger partial charge in [-0.2, -0.15) is 0 Å². The summed E-state index contributed by atoms with van der Waals surface area (Å²) in [4.78, 5) is 13.7. The number of likely N-dealkylation sites (tertiary alicyclic amines) is 1. The number of hydrogen-bond acceptors (Lipinski definition) is 3. The fourth-order valence-corrected chi connectivity index (χ4v) is 1.86. The van der Waals surface area contributed by atoms with Gasteiger partial charge in [0.2, 0.25) is 0 Å². The molecule has 0 N–H and O–H groups in total. The molecule has 0 atom stereocenters. The van der Waals surface area contributed by atoms with E-state index < -0.39 is 0 Å². The van der Waals surface area contributed by atoms with Crippen LogP contribution >= 0.6 is 0 Å². The second kappa shape index (κ2) is 4.47. The fourth-order valence-electron chi connectivity index (χ4n) is 1.86. The van der Waals surface area contributed by atoms with Gasteiger partial charge in [0.25, 0.3) is 5.91 Å². The first-order chi connectivity index (χ1) is 7.31. The van der Waals surface area contributed by atoms with Crippen molar-refractivity contribution in [3.8, 4) is 0 Å². The third-order valence-corrected chi connectivity index (χ3v) is 2.67. The third kappa shape index (κ3) is 2.19. The maximum absolute atomic E-state index is 11.9. The average molecular weight is 208 g/mol. The molecular weight excluding hydrogens is 192 g/mol. The Bertz CT molecular complexity index is 340. The molecule has 4 heteroatoms. The summed E-state index contributed by atoms with van der Waals surface area (Å²) in [6.45, 7) is 3.79. The first kappa shape index (κ1) is 10.2. The minimum atomic E-state index is 0.0126. The summed E-state index contributed by atoms with van der Waals surface area (Å²) >= 11 is 0. The van der Waals surface area contributed by atoms with E-state index in [2.05, 4.69) is 12.1 Å². The van der Waals surface area contributed by atoms with Gasteiger partial charge in [-0.25, -0.2) is 0 Å². The van der Waals surface area contributed by atoms with Gasteiger partial charge in [0.05, 0.1) is 0 Å². The number of amides is 1. The van der Waals surface area contributed by atoms with Crippen LogP contribution < -0.4 is 0 Å². The van der Waals surface area contributed by atoms with Gasteiger partial charge in [-0.1, -0.05) is 12.1 Å². The smallest absolute Gasteiger partial charge is 0.276 e. The van der Waals surface area contributed by atoms with E-state index in [4.69, 9.17) is 4.52 Å². The van der Waals surface area contributed by atoms with E-state index in [1.807, 2.05) is 4.90 Å². The minimum Gasteiger partial charge on any atom is -0.361 e. The molecule has 4 nitrogen and oxygen atoms in total. The first-order valence-corrected chi connectivity index (χ1v) is 5.56. The Kier molecular flexibility index (Phi) is 3.04. The number of carbonyl (C=O) groups excluding carboxylic acids is 1. The average Bonchev–Trinajstić information content (AvgIpc) is 2.87. The zero-order chi connectivity index (χ0) is 10.7. The van der Waals surface area contributed by atoms with Crippen LogP contribution in [0.4, 0.5) is 0 Å². The van der Waals surface area contributed by atoms with Crippen LogP contribution in [-0.4, -0.2) is 29.1 Å². The van der Waals surface area contributed by atoms with Gasteiger partial charge in [0.15, 0.2) is 5.69 Å². The van der Waals surface area contributed by atoms with E-state index in [0.29, 0.717) is 5.69 Å². The van der Waals surface area contributed by atoms with Crippen LogP contribution in [0.25, 0.3) is 0 Å². The molecule has 0 aliphatic carbocycles. The maximum Gasteiger partial charge on any atom is 0.276 e. The molecule has 0 saturated carbocycles. The summed E-state index contributed by atoms with van der Waals surface area (Å²) in [5.41, 5.74) is 0.459. The number of nitrogens with zero attached hydrogens (tertiary/aromatic N) is 2. The lowest BCUT2D eigenvalue weighted by molar-refractivity contribution is 0.0782. The number of aromatic nitrogens is 1. The van der Waals surface area contributed by atoms with Gasteiger partial charge in [-0.3, -0.25) is 4.79 Å². The molecule has 1 aromatic rings. The van der Waals surface area contributed by atoms with Crippen molar-refractivity contribution in [3.05, 3.63) is 17.5 Å². The van der Waals surface area contributed by atoms with E-state index in [0.717, 1.165) is 44.5 Å². The summed E-state index contributed by atoms with van der Waals surface area (Å²) in [5, 5.41) is 3.81. The minimum absolute atomic E-state index is 0.0126. The van der Waals surface area contributed by atoms with Gasteiger partial charge in [0, 0.05) is 25.6 Å². The molecule has 1 aromatic heterocycles. The van der Waals surface area contributed by atoms with E-state index in [9.17, 15) is 4.79 Å². The van der Waals surface area contributed by atoms with Crippen LogP contribution in [0.5, 0.6) is 0 Å². The van der Waals surface area contributed by atoms with Crippen molar-refractivity contribution in [2.45, 2.75) is 32.6 Å². The second-order valence-electron chi connectivity index (χ2n) is 3.93.